The lowest BCUT2D eigenvalue weighted by molar-refractivity contribution is 0.297. The number of hydrogen-bond acceptors (Lipinski definition) is 4. The maximum atomic E-state index is 6.39. The molecule has 1 aromatic carbocycles. The zero-order chi connectivity index (χ0) is 14.8. The molecule has 0 amide bonds. The van der Waals surface area contributed by atoms with Crippen LogP contribution in [0.2, 0.25) is 5.02 Å². The van der Waals surface area contributed by atoms with Crippen LogP contribution in [0.15, 0.2) is 24.3 Å². The molecule has 0 spiro atoms. The first-order valence-electron chi connectivity index (χ1n) is 7.12. The summed E-state index contributed by atoms with van der Waals surface area (Å²) < 4.78 is 11.4. The van der Waals surface area contributed by atoms with Gasteiger partial charge in [0, 0.05) is 27.3 Å². The summed E-state index contributed by atoms with van der Waals surface area (Å²) >= 11 is 8.12. The highest BCUT2D eigenvalue weighted by Gasteiger charge is 2.20. The number of fused-ring (bicyclic) bond motifs is 1. The molecule has 0 fully saturated rings. The van der Waals surface area contributed by atoms with Crippen molar-refractivity contribution in [2.45, 2.75) is 25.8 Å². The first-order chi connectivity index (χ1) is 10.2. The Hall–Kier alpha value is -1.23. The second-order valence-corrected chi connectivity index (χ2v) is 6.61. The van der Waals surface area contributed by atoms with E-state index in [2.05, 4.69) is 19.1 Å². The second-order valence-electron chi connectivity index (χ2n) is 5.01. The van der Waals surface area contributed by atoms with E-state index in [1.807, 2.05) is 12.1 Å². The van der Waals surface area contributed by atoms with Crippen LogP contribution < -0.4 is 15.2 Å². The van der Waals surface area contributed by atoms with E-state index in [0.29, 0.717) is 24.0 Å². The topological polar surface area (TPSA) is 44.5 Å². The molecule has 2 aromatic rings. The van der Waals surface area contributed by atoms with Gasteiger partial charge in [0.1, 0.15) is 0 Å². The normalized spacial score (nSPS) is 15.6. The van der Waals surface area contributed by atoms with Crippen LogP contribution in [-0.4, -0.2) is 13.2 Å². The van der Waals surface area contributed by atoms with Gasteiger partial charge in [0.25, 0.3) is 0 Å². The first-order valence-corrected chi connectivity index (χ1v) is 8.31. The molecule has 1 aromatic heterocycles. The number of benzene rings is 1. The van der Waals surface area contributed by atoms with E-state index in [1.54, 1.807) is 11.3 Å². The van der Waals surface area contributed by atoms with Crippen LogP contribution in [-0.2, 0) is 6.42 Å². The van der Waals surface area contributed by atoms with Gasteiger partial charge in [-0.25, -0.2) is 0 Å². The van der Waals surface area contributed by atoms with Crippen LogP contribution in [0, 0.1) is 0 Å². The third kappa shape index (κ3) is 3.03. The number of thiophene rings is 1. The van der Waals surface area contributed by atoms with Crippen molar-refractivity contribution in [2.75, 3.05) is 13.2 Å². The maximum Gasteiger partial charge on any atom is 0.162 e. The van der Waals surface area contributed by atoms with E-state index in [9.17, 15) is 0 Å². The lowest BCUT2D eigenvalue weighted by Crippen LogP contribution is -2.11. The molecule has 3 rings (SSSR count). The van der Waals surface area contributed by atoms with Gasteiger partial charge in [-0.15, -0.1) is 11.3 Å². The third-order valence-electron chi connectivity index (χ3n) is 3.54. The average molecular weight is 324 g/mol. The molecule has 0 radical (unpaired) electrons. The molecule has 1 unspecified atom stereocenters. The highest BCUT2D eigenvalue weighted by molar-refractivity contribution is 7.12. The van der Waals surface area contributed by atoms with Gasteiger partial charge in [0.05, 0.1) is 19.3 Å². The maximum absolute atomic E-state index is 6.39. The summed E-state index contributed by atoms with van der Waals surface area (Å²) in [4.78, 5) is 2.44. The average Bonchev–Trinajstić information content (AvgIpc) is 2.86. The van der Waals surface area contributed by atoms with E-state index in [0.717, 1.165) is 29.0 Å². The van der Waals surface area contributed by atoms with Crippen LogP contribution in [0.1, 0.15) is 34.7 Å². The van der Waals surface area contributed by atoms with Crippen LogP contribution in [0.4, 0.5) is 0 Å². The van der Waals surface area contributed by atoms with Gasteiger partial charge in [0.15, 0.2) is 11.5 Å². The minimum Gasteiger partial charge on any atom is -0.490 e. The van der Waals surface area contributed by atoms with E-state index in [-0.39, 0.29) is 6.04 Å². The van der Waals surface area contributed by atoms with Gasteiger partial charge in [-0.05, 0) is 30.2 Å². The molecule has 1 aliphatic heterocycles. The van der Waals surface area contributed by atoms with E-state index in [4.69, 9.17) is 26.8 Å². The summed E-state index contributed by atoms with van der Waals surface area (Å²) in [6.45, 7) is 3.45. The highest BCUT2D eigenvalue weighted by Crippen LogP contribution is 2.39. The summed E-state index contributed by atoms with van der Waals surface area (Å²) in [6.07, 6.45) is 1.89. The van der Waals surface area contributed by atoms with Crippen LogP contribution in [0.25, 0.3) is 0 Å². The highest BCUT2D eigenvalue weighted by atomic mass is 35.5. The Morgan fingerprint density at radius 2 is 1.95 bits per heavy atom. The summed E-state index contributed by atoms with van der Waals surface area (Å²) in [5, 5.41) is 0.623. The molecule has 1 atom stereocenters. The molecular weight excluding hydrogens is 306 g/mol. The van der Waals surface area contributed by atoms with Crippen molar-refractivity contribution in [3.8, 4) is 11.5 Å². The molecule has 0 saturated carbocycles. The number of ether oxygens (including phenoxy) is 2. The number of hydrogen-bond donors (Lipinski definition) is 1. The number of rotatable bonds is 3. The van der Waals surface area contributed by atoms with Crippen molar-refractivity contribution < 1.29 is 9.47 Å². The van der Waals surface area contributed by atoms with Gasteiger partial charge >= 0.3 is 0 Å². The predicted octanol–water partition coefficient (Wildman–Crippen LogP) is 4.17. The summed E-state index contributed by atoms with van der Waals surface area (Å²) in [5.41, 5.74) is 7.27. The standard InChI is InChI=1S/C16H18ClNO2S/c1-2-10-4-5-15(21-10)16(18)11-8-13-14(9-12(11)17)20-7-3-6-19-13/h4-5,8-9,16H,2-3,6-7,18H2,1H3. The van der Waals surface area contributed by atoms with Crippen LogP contribution in [0.3, 0.4) is 0 Å². The molecule has 112 valence electrons. The first kappa shape index (κ1) is 14.7. The third-order valence-corrected chi connectivity index (χ3v) is 5.18. The number of nitrogens with two attached hydrogens (primary N) is 1. The van der Waals surface area contributed by atoms with Crippen molar-refractivity contribution in [3.63, 3.8) is 0 Å². The van der Waals surface area contributed by atoms with Crippen molar-refractivity contribution in [1.29, 1.82) is 0 Å². The van der Waals surface area contributed by atoms with Gasteiger partial charge in [-0.2, -0.15) is 0 Å². The zero-order valence-electron chi connectivity index (χ0n) is 11.9. The summed E-state index contributed by atoms with van der Waals surface area (Å²) in [6, 6.07) is 7.69. The Morgan fingerprint density at radius 1 is 1.24 bits per heavy atom. The second kappa shape index (κ2) is 6.26. The molecular formula is C16H18ClNO2S. The largest absolute Gasteiger partial charge is 0.490 e. The lowest BCUT2D eigenvalue weighted by atomic mass is 10.1. The molecule has 2 N–H and O–H groups in total. The monoisotopic (exact) mass is 323 g/mol. The SMILES string of the molecule is CCc1ccc(C(N)c2cc3c(cc2Cl)OCCCO3)s1. The van der Waals surface area contributed by atoms with Crippen molar-refractivity contribution >= 4 is 22.9 Å². The Balaban J connectivity index is 1.95. The van der Waals surface area contributed by atoms with Gasteiger partial charge in [0.2, 0.25) is 0 Å². The molecule has 5 heteroatoms. The minimum absolute atomic E-state index is 0.236. The van der Waals surface area contributed by atoms with Gasteiger partial charge in [-0.3, -0.25) is 0 Å². The lowest BCUT2D eigenvalue weighted by Gasteiger charge is -2.15. The summed E-state index contributed by atoms with van der Waals surface area (Å²) in [5.74, 6) is 1.43. The van der Waals surface area contributed by atoms with E-state index >= 15 is 0 Å². The fourth-order valence-electron chi connectivity index (χ4n) is 2.34. The molecule has 0 saturated heterocycles. The number of aryl methyl sites for hydroxylation is 1. The molecule has 21 heavy (non-hydrogen) atoms. The van der Waals surface area contributed by atoms with Crippen molar-refractivity contribution in [2.24, 2.45) is 5.73 Å². The minimum atomic E-state index is -0.236. The fraction of sp³-hybridized carbons (Fsp3) is 0.375. The van der Waals surface area contributed by atoms with Gasteiger partial charge in [-0.1, -0.05) is 18.5 Å². The number of halogens is 1. The smallest absolute Gasteiger partial charge is 0.162 e. The van der Waals surface area contributed by atoms with Crippen LogP contribution >= 0.6 is 22.9 Å². The Morgan fingerprint density at radius 3 is 2.62 bits per heavy atom. The molecule has 0 bridgehead atoms. The van der Waals surface area contributed by atoms with Crippen molar-refractivity contribution in [1.82, 2.24) is 0 Å². The molecule has 3 nitrogen and oxygen atoms in total. The predicted molar refractivity (Wildman–Crippen MR) is 86.8 cm³/mol. The summed E-state index contributed by atoms with van der Waals surface area (Å²) in [7, 11) is 0. The quantitative estimate of drug-likeness (QED) is 0.921. The Labute approximate surface area is 133 Å². The van der Waals surface area contributed by atoms with Crippen molar-refractivity contribution in [3.05, 3.63) is 44.6 Å². The Kier molecular flexibility index (Phi) is 4.38. The molecule has 0 aliphatic carbocycles. The zero-order valence-corrected chi connectivity index (χ0v) is 13.5. The van der Waals surface area contributed by atoms with E-state index in [1.165, 1.54) is 4.88 Å². The van der Waals surface area contributed by atoms with E-state index < -0.39 is 0 Å². The van der Waals surface area contributed by atoms with Crippen LogP contribution in [0.5, 0.6) is 11.5 Å². The fourth-order valence-corrected chi connectivity index (χ4v) is 3.59. The van der Waals surface area contributed by atoms with Gasteiger partial charge < -0.3 is 15.2 Å². The molecule has 2 heterocycles. The molecule has 1 aliphatic rings. The Bertz CT molecular complexity index is 641.